The summed E-state index contributed by atoms with van der Waals surface area (Å²) in [6.07, 6.45) is 3.88. The van der Waals surface area contributed by atoms with Crippen molar-refractivity contribution in [2.45, 2.75) is 45.7 Å². The number of hydrogen-bond donors (Lipinski definition) is 4. The zero-order valence-electron chi connectivity index (χ0n) is 13.1. The molecule has 0 saturated heterocycles. The van der Waals surface area contributed by atoms with Crippen molar-refractivity contribution in [2.24, 2.45) is 21.6 Å². The smallest absolute Gasteiger partial charge is 0.258 e. The number of rotatable bonds is 2. The number of nitrogens with zero attached hydrogens (tertiary/aromatic N) is 2. The molecule has 22 heavy (non-hydrogen) atoms. The number of hydrogen-bond acceptors (Lipinski definition) is 5. The number of carbonyl (C=O) groups is 1. The summed E-state index contributed by atoms with van der Waals surface area (Å²) < 4.78 is 0. The lowest BCUT2D eigenvalue weighted by atomic mass is 10.1. The number of nitrogens with one attached hydrogen (secondary N) is 3. The molecule has 1 amide bonds. The minimum absolute atomic E-state index is 0.166. The van der Waals surface area contributed by atoms with Gasteiger partial charge in [-0.15, -0.1) is 0 Å². The average Bonchev–Trinajstić information content (AvgIpc) is 3.28. The van der Waals surface area contributed by atoms with Crippen molar-refractivity contribution < 1.29 is 4.79 Å². The van der Waals surface area contributed by atoms with Gasteiger partial charge in [0, 0.05) is 5.70 Å². The summed E-state index contributed by atoms with van der Waals surface area (Å²) in [5.41, 5.74) is 8.06. The van der Waals surface area contributed by atoms with Crippen molar-refractivity contribution in [1.82, 2.24) is 16.0 Å². The van der Waals surface area contributed by atoms with Crippen LogP contribution in [-0.4, -0.2) is 30.2 Å². The van der Waals surface area contributed by atoms with E-state index in [1.54, 1.807) is 0 Å². The van der Waals surface area contributed by atoms with Crippen LogP contribution in [-0.2, 0) is 4.79 Å². The zero-order valence-corrected chi connectivity index (χ0v) is 13.1. The molecule has 2 heterocycles. The minimum Gasteiger partial charge on any atom is -0.394 e. The Morgan fingerprint density at radius 1 is 1.41 bits per heavy atom. The second kappa shape index (κ2) is 5.47. The Labute approximate surface area is 129 Å². The molecule has 0 aromatic rings. The van der Waals surface area contributed by atoms with Gasteiger partial charge in [0.25, 0.3) is 5.91 Å². The second-order valence-electron chi connectivity index (χ2n) is 6.06. The maximum absolute atomic E-state index is 12.1. The van der Waals surface area contributed by atoms with Crippen LogP contribution in [0.4, 0.5) is 0 Å². The molecule has 118 valence electrons. The fraction of sp³-hybridized carbons (Fsp3) is 0.533. The molecule has 5 N–H and O–H groups in total. The molecule has 7 heteroatoms. The monoisotopic (exact) mass is 302 g/mol. The molecule has 2 atom stereocenters. The third-order valence-electron chi connectivity index (χ3n) is 4.28. The number of aliphatic imine (C=N–C) groups is 2. The summed E-state index contributed by atoms with van der Waals surface area (Å²) in [6.45, 7) is 5.86. The Hall–Kier alpha value is -2.31. The van der Waals surface area contributed by atoms with E-state index in [1.165, 1.54) is 19.2 Å². The van der Waals surface area contributed by atoms with Crippen LogP contribution in [0.3, 0.4) is 0 Å². The number of amidine groups is 1. The van der Waals surface area contributed by atoms with E-state index in [9.17, 15) is 4.79 Å². The van der Waals surface area contributed by atoms with E-state index >= 15 is 0 Å². The summed E-state index contributed by atoms with van der Waals surface area (Å²) in [5.74, 6) is 1.72. The second-order valence-corrected chi connectivity index (χ2v) is 6.06. The van der Waals surface area contributed by atoms with E-state index in [4.69, 9.17) is 10.7 Å². The first-order valence-electron chi connectivity index (χ1n) is 7.62. The topological polar surface area (TPSA) is 104 Å². The Kier molecular flexibility index (Phi) is 3.64. The average molecular weight is 302 g/mol. The summed E-state index contributed by atoms with van der Waals surface area (Å²) >= 11 is 0. The fourth-order valence-corrected chi connectivity index (χ4v) is 2.65. The summed E-state index contributed by atoms with van der Waals surface area (Å²) in [5, 5.41) is 8.94. The number of amides is 1. The minimum atomic E-state index is -0.224. The molecule has 3 aliphatic rings. The van der Waals surface area contributed by atoms with Gasteiger partial charge in [-0.1, -0.05) is 0 Å². The van der Waals surface area contributed by atoms with Crippen LogP contribution in [0.2, 0.25) is 0 Å². The van der Waals surface area contributed by atoms with Gasteiger partial charge in [0.2, 0.25) is 0 Å². The van der Waals surface area contributed by atoms with E-state index in [2.05, 4.69) is 27.9 Å². The van der Waals surface area contributed by atoms with Gasteiger partial charge in [0.15, 0.2) is 5.84 Å². The van der Waals surface area contributed by atoms with Gasteiger partial charge in [0.1, 0.15) is 5.82 Å². The molecule has 0 radical (unpaired) electrons. The third kappa shape index (κ3) is 2.70. The van der Waals surface area contributed by atoms with E-state index in [0.717, 1.165) is 5.70 Å². The quantitative estimate of drug-likeness (QED) is 0.552. The van der Waals surface area contributed by atoms with Crippen molar-refractivity contribution in [3.05, 3.63) is 22.8 Å². The standard InChI is InChI=1S/C15H22N6O/c1-7(10-4-5-10)19-14-12(16)9(3)20-13(21-14)11-8(2)17-6-18-15(11)22/h6-8,10,20H,4-5,16H2,1-3H3,(H,19,21)(H,17,18,22)/t7-,8?/m0/s1. The Morgan fingerprint density at radius 3 is 2.77 bits per heavy atom. The predicted octanol–water partition coefficient (Wildman–Crippen LogP) is 0.325. The van der Waals surface area contributed by atoms with E-state index in [-0.39, 0.29) is 18.0 Å². The number of allylic oxidation sites excluding steroid dienone is 1. The molecule has 1 fully saturated rings. The van der Waals surface area contributed by atoms with Crippen molar-refractivity contribution in [1.29, 1.82) is 0 Å². The van der Waals surface area contributed by atoms with Gasteiger partial charge in [-0.25, -0.2) is 0 Å². The van der Waals surface area contributed by atoms with Gasteiger partial charge in [0.05, 0.1) is 29.7 Å². The van der Waals surface area contributed by atoms with Crippen molar-refractivity contribution in [2.75, 3.05) is 0 Å². The Balaban J connectivity index is 1.96. The Bertz CT molecular complexity index is 626. The first-order valence-corrected chi connectivity index (χ1v) is 7.62. The number of carbonyl (C=O) groups excluding carboxylic acids is 1. The van der Waals surface area contributed by atoms with Crippen LogP contribution in [0.25, 0.3) is 0 Å². The SMILES string of the molecule is CC1=C(N)C(=N[C@@H](C)C2CC2)NC(=C2C(=O)NC=NC2C)N1. The van der Waals surface area contributed by atoms with E-state index in [0.29, 0.717) is 28.8 Å². The highest BCUT2D eigenvalue weighted by atomic mass is 16.1. The van der Waals surface area contributed by atoms with Gasteiger partial charge >= 0.3 is 0 Å². The van der Waals surface area contributed by atoms with Crippen molar-refractivity contribution in [3.63, 3.8) is 0 Å². The molecular formula is C15H22N6O. The van der Waals surface area contributed by atoms with Gasteiger partial charge < -0.3 is 21.7 Å². The summed E-state index contributed by atoms with van der Waals surface area (Å²) in [6, 6.07) is 0.00630. The van der Waals surface area contributed by atoms with Crippen LogP contribution in [0.15, 0.2) is 32.8 Å². The fourth-order valence-electron chi connectivity index (χ4n) is 2.65. The highest BCUT2D eigenvalue weighted by Crippen LogP contribution is 2.34. The molecule has 1 aliphatic carbocycles. The van der Waals surface area contributed by atoms with E-state index < -0.39 is 0 Å². The molecule has 0 spiro atoms. The molecule has 3 rings (SSSR count). The number of nitrogens with two attached hydrogens (primary N) is 1. The van der Waals surface area contributed by atoms with Gasteiger partial charge in [-0.2, -0.15) is 0 Å². The molecular weight excluding hydrogens is 280 g/mol. The maximum atomic E-state index is 12.1. The lowest BCUT2D eigenvalue weighted by Crippen LogP contribution is -2.46. The highest BCUT2D eigenvalue weighted by Gasteiger charge is 2.31. The van der Waals surface area contributed by atoms with Crippen LogP contribution < -0.4 is 21.7 Å². The van der Waals surface area contributed by atoms with Gasteiger partial charge in [-0.3, -0.25) is 14.8 Å². The lowest BCUT2D eigenvalue weighted by Gasteiger charge is -2.28. The van der Waals surface area contributed by atoms with Crippen LogP contribution in [0.1, 0.15) is 33.6 Å². The predicted molar refractivity (Wildman–Crippen MR) is 85.9 cm³/mol. The van der Waals surface area contributed by atoms with Crippen LogP contribution in [0.5, 0.6) is 0 Å². The largest absolute Gasteiger partial charge is 0.394 e. The third-order valence-corrected chi connectivity index (χ3v) is 4.28. The molecule has 0 aromatic heterocycles. The summed E-state index contributed by atoms with van der Waals surface area (Å²) in [7, 11) is 0. The molecule has 1 saturated carbocycles. The summed E-state index contributed by atoms with van der Waals surface area (Å²) in [4.78, 5) is 21.0. The zero-order chi connectivity index (χ0) is 15.9. The lowest BCUT2D eigenvalue weighted by molar-refractivity contribution is -0.116. The highest BCUT2D eigenvalue weighted by molar-refractivity contribution is 6.06. The van der Waals surface area contributed by atoms with Crippen molar-refractivity contribution >= 4 is 18.1 Å². The van der Waals surface area contributed by atoms with Crippen molar-refractivity contribution in [3.8, 4) is 0 Å². The van der Waals surface area contributed by atoms with Crippen LogP contribution >= 0.6 is 0 Å². The normalized spacial score (nSPS) is 31.7. The molecule has 7 nitrogen and oxygen atoms in total. The molecule has 2 aliphatic heterocycles. The first kappa shape index (κ1) is 14.6. The van der Waals surface area contributed by atoms with Gasteiger partial charge in [-0.05, 0) is 39.5 Å². The molecule has 0 aromatic carbocycles. The van der Waals surface area contributed by atoms with Crippen LogP contribution in [0, 0.1) is 5.92 Å². The molecule has 1 unspecified atom stereocenters. The maximum Gasteiger partial charge on any atom is 0.258 e. The first-order chi connectivity index (χ1) is 10.5. The molecule has 0 bridgehead atoms. The Morgan fingerprint density at radius 2 is 2.14 bits per heavy atom. The van der Waals surface area contributed by atoms with E-state index in [1.807, 2.05) is 13.8 Å².